The summed E-state index contributed by atoms with van der Waals surface area (Å²) in [4.78, 5) is 14.9. The fourth-order valence-corrected chi connectivity index (χ4v) is 4.26. The van der Waals surface area contributed by atoms with E-state index in [0.29, 0.717) is 6.54 Å². The van der Waals surface area contributed by atoms with E-state index in [9.17, 15) is 0 Å². The molecule has 2 heterocycles. The number of nitrogens with one attached hydrogen (secondary N) is 3. The first kappa shape index (κ1) is 21.8. The van der Waals surface area contributed by atoms with Crippen molar-refractivity contribution in [3.05, 3.63) is 39.8 Å². The zero-order valence-electron chi connectivity index (χ0n) is 15.7. The van der Waals surface area contributed by atoms with Gasteiger partial charge < -0.3 is 16.0 Å². The number of benzene rings is 1. The Morgan fingerprint density at radius 3 is 2.59 bits per heavy atom. The Bertz CT molecular complexity index is 856. The van der Waals surface area contributed by atoms with Crippen molar-refractivity contribution in [2.24, 2.45) is 4.99 Å². The van der Waals surface area contributed by atoms with Crippen LogP contribution in [0.3, 0.4) is 0 Å². The van der Waals surface area contributed by atoms with Gasteiger partial charge in [0.2, 0.25) is 0 Å². The number of nitrogens with zero attached hydrogens (tertiary/aromatic N) is 3. The van der Waals surface area contributed by atoms with Gasteiger partial charge in [-0.3, -0.25) is 0 Å². The molecule has 1 aromatic carbocycles. The van der Waals surface area contributed by atoms with Gasteiger partial charge in [-0.05, 0) is 32.9 Å². The van der Waals surface area contributed by atoms with E-state index < -0.39 is 0 Å². The Hall–Kier alpha value is -1.46. The predicted molar refractivity (Wildman–Crippen MR) is 128 cm³/mol. The van der Waals surface area contributed by atoms with Gasteiger partial charge in [-0.25, -0.2) is 15.0 Å². The lowest BCUT2D eigenvalue weighted by atomic mass is 10.3. The molecule has 3 aromatic rings. The number of aryl methyl sites for hydroxylation is 2. The zero-order chi connectivity index (χ0) is 18.4. The van der Waals surface area contributed by atoms with E-state index >= 15 is 0 Å². The first-order valence-corrected chi connectivity index (χ1v) is 10.3. The Morgan fingerprint density at radius 1 is 1.07 bits per heavy atom. The molecule has 0 aliphatic carbocycles. The molecular formula is C18H25IN6S2. The number of guanidine groups is 1. The van der Waals surface area contributed by atoms with Gasteiger partial charge in [-0.2, -0.15) is 0 Å². The number of anilines is 1. The second-order valence-corrected chi connectivity index (χ2v) is 8.10. The summed E-state index contributed by atoms with van der Waals surface area (Å²) in [6.45, 7) is 9.17. The summed E-state index contributed by atoms with van der Waals surface area (Å²) in [5, 5.41) is 12.1. The number of hydrogen-bond acceptors (Lipinski definition) is 6. The number of fused-ring (bicyclic) bond motifs is 1. The van der Waals surface area contributed by atoms with Gasteiger partial charge in [-0.15, -0.1) is 35.3 Å². The summed E-state index contributed by atoms with van der Waals surface area (Å²) in [6, 6.07) is 8.18. The molecule has 2 aromatic heterocycles. The topological polar surface area (TPSA) is 74.2 Å². The normalized spacial score (nSPS) is 11.3. The minimum atomic E-state index is 0. The van der Waals surface area contributed by atoms with Crippen molar-refractivity contribution in [3.8, 4) is 0 Å². The average Bonchev–Trinajstić information content (AvgIpc) is 3.18. The summed E-state index contributed by atoms with van der Waals surface area (Å²) >= 11 is 3.39. The number of aromatic nitrogens is 2. The standard InChI is InChI=1S/C18H24N6S2.HI/c1-4-19-17(22-11-16-12(2)23-13(3)25-16)20-9-10-21-18-24-14-7-5-6-8-15(14)26-18;/h5-8H,4,9-11H2,1-3H3,(H,21,24)(H2,19,20,22);1H. The van der Waals surface area contributed by atoms with Crippen LogP contribution in [0.25, 0.3) is 10.2 Å². The van der Waals surface area contributed by atoms with E-state index in [1.165, 1.54) is 9.58 Å². The summed E-state index contributed by atoms with van der Waals surface area (Å²) in [6.07, 6.45) is 0. The summed E-state index contributed by atoms with van der Waals surface area (Å²) < 4.78 is 1.20. The lowest BCUT2D eigenvalue weighted by molar-refractivity contribution is 0.820. The number of para-hydroxylation sites is 1. The highest BCUT2D eigenvalue weighted by Crippen LogP contribution is 2.24. The summed E-state index contributed by atoms with van der Waals surface area (Å²) in [5.41, 5.74) is 2.11. The third-order valence-corrected chi connectivity index (χ3v) is 5.76. The molecule has 0 unspecified atom stereocenters. The maximum atomic E-state index is 4.66. The smallest absolute Gasteiger partial charge is 0.191 e. The molecule has 0 aliphatic rings. The minimum absolute atomic E-state index is 0. The lowest BCUT2D eigenvalue weighted by Crippen LogP contribution is -2.39. The Labute approximate surface area is 184 Å². The molecule has 0 atom stereocenters. The van der Waals surface area contributed by atoms with Gasteiger partial charge in [0, 0.05) is 24.5 Å². The van der Waals surface area contributed by atoms with E-state index in [2.05, 4.69) is 43.9 Å². The molecule has 3 rings (SSSR count). The van der Waals surface area contributed by atoms with Crippen LogP contribution in [-0.4, -0.2) is 35.6 Å². The first-order chi connectivity index (χ1) is 12.7. The molecule has 0 bridgehead atoms. The summed E-state index contributed by atoms with van der Waals surface area (Å²) in [7, 11) is 0. The number of rotatable bonds is 7. The second kappa shape index (κ2) is 10.8. The average molecular weight is 516 g/mol. The second-order valence-electron chi connectivity index (χ2n) is 5.78. The van der Waals surface area contributed by atoms with Crippen LogP contribution in [0.4, 0.5) is 5.13 Å². The highest BCUT2D eigenvalue weighted by atomic mass is 127. The van der Waals surface area contributed by atoms with Crippen LogP contribution in [-0.2, 0) is 6.54 Å². The van der Waals surface area contributed by atoms with Gasteiger partial charge >= 0.3 is 0 Å². The third kappa shape index (κ3) is 6.28. The monoisotopic (exact) mass is 516 g/mol. The van der Waals surface area contributed by atoms with Gasteiger partial charge in [0.1, 0.15) is 0 Å². The molecule has 3 N–H and O–H groups in total. The van der Waals surface area contributed by atoms with Gasteiger partial charge in [0.15, 0.2) is 11.1 Å². The van der Waals surface area contributed by atoms with E-state index in [0.717, 1.165) is 46.9 Å². The third-order valence-electron chi connectivity index (χ3n) is 3.71. The molecule has 6 nitrogen and oxygen atoms in total. The Morgan fingerprint density at radius 2 is 1.89 bits per heavy atom. The number of thiazole rings is 2. The number of hydrogen-bond donors (Lipinski definition) is 3. The van der Waals surface area contributed by atoms with Gasteiger partial charge in [-0.1, -0.05) is 23.5 Å². The molecule has 146 valence electrons. The Balaban J connectivity index is 0.00000261. The van der Waals surface area contributed by atoms with Crippen molar-refractivity contribution in [1.82, 2.24) is 20.6 Å². The molecule has 0 spiro atoms. The van der Waals surface area contributed by atoms with Crippen molar-refractivity contribution in [3.63, 3.8) is 0 Å². The van der Waals surface area contributed by atoms with Crippen LogP contribution in [0.5, 0.6) is 0 Å². The van der Waals surface area contributed by atoms with Crippen LogP contribution in [0.15, 0.2) is 29.3 Å². The number of aliphatic imine (C=N–C) groups is 1. The van der Waals surface area contributed by atoms with Crippen LogP contribution in [0.2, 0.25) is 0 Å². The van der Waals surface area contributed by atoms with E-state index in [1.807, 2.05) is 32.0 Å². The molecular weight excluding hydrogens is 491 g/mol. The highest BCUT2D eigenvalue weighted by molar-refractivity contribution is 14.0. The molecule has 0 saturated carbocycles. The predicted octanol–water partition coefficient (Wildman–Crippen LogP) is 4.15. The fraction of sp³-hybridized carbons (Fsp3) is 0.389. The largest absolute Gasteiger partial charge is 0.360 e. The van der Waals surface area contributed by atoms with Crippen molar-refractivity contribution < 1.29 is 0 Å². The lowest BCUT2D eigenvalue weighted by Gasteiger charge is -2.11. The van der Waals surface area contributed by atoms with Crippen LogP contribution >= 0.6 is 46.7 Å². The van der Waals surface area contributed by atoms with E-state index in [-0.39, 0.29) is 24.0 Å². The maximum absolute atomic E-state index is 4.66. The molecule has 27 heavy (non-hydrogen) atoms. The highest BCUT2D eigenvalue weighted by Gasteiger charge is 2.05. The van der Waals surface area contributed by atoms with Crippen molar-refractivity contribution >= 4 is 68.0 Å². The van der Waals surface area contributed by atoms with Crippen LogP contribution < -0.4 is 16.0 Å². The van der Waals surface area contributed by atoms with Crippen molar-refractivity contribution in [2.75, 3.05) is 25.0 Å². The molecule has 0 fully saturated rings. The SMILES string of the molecule is CCNC(=NCc1sc(C)nc1C)NCCNc1nc2ccccc2s1.I. The van der Waals surface area contributed by atoms with Gasteiger partial charge in [0.25, 0.3) is 0 Å². The van der Waals surface area contributed by atoms with Crippen LogP contribution in [0.1, 0.15) is 22.5 Å². The maximum Gasteiger partial charge on any atom is 0.191 e. The van der Waals surface area contributed by atoms with E-state index in [4.69, 9.17) is 0 Å². The van der Waals surface area contributed by atoms with Gasteiger partial charge in [0.05, 0.1) is 27.5 Å². The molecule has 0 radical (unpaired) electrons. The van der Waals surface area contributed by atoms with Crippen molar-refractivity contribution in [2.45, 2.75) is 27.3 Å². The molecule has 0 saturated heterocycles. The first-order valence-electron chi connectivity index (χ1n) is 8.70. The quantitative estimate of drug-likeness (QED) is 0.191. The summed E-state index contributed by atoms with van der Waals surface area (Å²) in [5.74, 6) is 0.823. The molecule has 9 heteroatoms. The van der Waals surface area contributed by atoms with Crippen molar-refractivity contribution in [1.29, 1.82) is 0 Å². The zero-order valence-corrected chi connectivity index (χ0v) is 19.7. The molecule has 0 amide bonds. The minimum Gasteiger partial charge on any atom is -0.360 e. The fourth-order valence-electron chi connectivity index (χ4n) is 2.51. The van der Waals surface area contributed by atoms with E-state index in [1.54, 1.807) is 22.7 Å². The molecule has 0 aliphatic heterocycles. The Kier molecular flexibility index (Phi) is 8.71. The van der Waals surface area contributed by atoms with Crippen LogP contribution in [0, 0.1) is 13.8 Å². The number of halogens is 1.